The molecule has 120 valence electrons. The van der Waals surface area contributed by atoms with E-state index in [2.05, 4.69) is 31.0 Å². The molecular weight excluding hydrogens is 358 g/mol. The van der Waals surface area contributed by atoms with Crippen LogP contribution in [0, 0.1) is 5.41 Å². The molecule has 1 aromatic heterocycles. The maximum absolute atomic E-state index is 12.4. The molecule has 0 atom stereocenters. The van der Waals surface area contributed by atoms with E-state index >= 15 is 0 Å². The van der Waals surface area contributed by atoms with Crippen molar-refractivity contribution in [2.24, 2.45) is 5.41 Å². The molecule has 1 heterocycles. The normalized spacial score (nSPS) is 12.4. The van der Waals surface area contributed by atoms with Crippen LogP contribution in [0.3, 0.4) is 0 Å². The van der Waals surface area contributed by atoms with Gasteiger partial charge in [0.2, 0.25) is 10.0 Å². The lowest BCUT2D eigenvalue weighted by Gasteiger charge is -2.24. The summed E-state index contributed by atoms with van der Waals surface area (Å²) in [5, 5.41) is 2.79. The SMILES string of the molecule is CNc1ncc(Br)cc1S(=O)(=O)NCC(C)(C)CCOC. The lowest BCUT2D eigenvalue weighted by atomic mass is 9.90. The first kappa shape index (κ1) is 18.3. The van der Waals surface area contributed by atoms with Gasteiger partial charge in [-0.05, 0) is 33.8 Å². The maximum Gasteiger partial charge on any atom is 0.244 e. The van der Waals surface area contributed by atoms with E-state index in [1.165, 1.54) is 6.07 Å². The van der Waals surface area contributed by atoms with Crippen LogP contribution < -0.4 is 10.0 Å². The van der Waals surface area contributed by atoms with Crippen molar-refractivity contribution in [1.29, 1.82) is 0 Å². The fraction of sp³-hybridized carbons (Fsp3) is 0.615. The lowest BCUT2D eigenvalue weighted by Crippen LogP contribution is -2.35. The molecule has 0 bridgehead atoms. The number of methoxy groups -OCH3 is 1. The molecule has 0 unspecified atom stereocenters. The molecule has 0 saturated heterocycles. The summed E-state index contributed by atoms with van der Waals surface area (Å²) in [4.78, 5) is 4.19. The minimum absolute atomic E-state index is 0.127. The zero-order valence-corrected chi connectivity index (χ0v) is 15.1. The van der Waals surface area contributed by atoms with Gasteiger partial charge < -0.3 is 10.1 Å². The topological polar surface area (TPSA) is 80.3 Å². The number of anilines is 1. The molecular formula is C13H22BrN3O3S. The van der Waals surface area contributed by atoms with Crippen LogP contribution in [0.15, 0.2) is 21.6 Å². The van der Waals surface area contributed by atoms with Crippen LogP contribution in [0.4, 0.5) is 5.82 Å². The Morgan fingerprint density at radius 1 is 1.43 bits per heavy atom. The Hall–Kier alpha value is -0.700. The second-order valence-electron chi connectivity index (χ2n) is 5.48. The van der Waals surface area contributed by atoms with Crippen LogP contribution in [-0.2, 0) is 14.8 Å². The first-order valence-corrected chi connectivity index (χ1v) is 8.81. The molecule has 0 aliphatic heterocycles. The van der Waals surface area contributed by atoms with Gasteiger partial charge in [0, 0.05) is 38.0 Å². The standard InChI is InChI=1S/C13H22BrN3O3S/c1-13(2,5-6-20-4)9-17-21(18,19)11-7-10(14)8-16-12(11)15-3/h7-8,17H,5-6,9H2,1-4H3,(H,15,16). The van der Waals surface area contributed by atoms with Crippen molar-refractivity contribution in [3.63, 3.8) is 0 Å². The molecule has 1 aromatic rings. The van der Waals surface area contributed by atoms with Crippen LogP contribution in [0.5, 0.6) is 0 Å². The zero-order valence-electron chi connectivity index (χ0n) is 12.7. The van der Waals surface area contributed by atoms with Gasteiger partial charge in [-0.1, -0.05) is 13.8 Å². The van der Waals surface area contributed by atoms with Gasteiger partial charge in [-0.15, -0.1) is 0 Å². The van der Waals surface area contributed by atoms with Gasteiger partial charge in [0.1, 0.15) is 10.7 Å². The molecule has 1 rings (SSSR count). The van der Waals surface area contributed by atoms with Gasteiger partial charge in [-0.25, -0.2) is 18.1 Å². The number of ether oxygens (including phenoxy) is 1. The largest absolute Gasteiger partial charge is 0.385 e. The molecule has 2 N–H and O–H groups in total. The highest BCUT2D eigenvalue weighted by Crippen LogP contribution is 2.24. The number of sulfonamides is 1. The van der Waals surface area contributed by atoms with Crippen molar-refractivity contribution in [1.82, 2.24) is 9.71 Å². The number of rotatable bonds is 8. The van der Waals surface area contributed by atoms with E-state index in [-0.39, 0.29) is 10.3 Å². The third kappa shape index (κ3) is 5.54. The average molecular weight is 380 g/mol. The molecule has 0 amide bonds. The van der Waals surface area contributed by atoms with E-state index in [0.29, 0.717) is 23.4 Å². The Morgan fingerprint density at radius 2 is 2.10 bits per heavy atom. The molecule has 0 fully saturated rings. The quantitative estimate of drug-likeness (QED) is 0.723. The summed E-state index contributed by atoms with van der Waals surface area (Å²) in [5.74, 6) is 0.320. The smallest absolute Gasteiger partial charge is 0.244 e. The van der Waals surface area contributed by atoms with E-state index in [4.69, 9.17) is 4.74 Å². The Morgan fingerprint density at radius 3 is 2.67 bits per heavy atom. The van der Waals surface area contributed by atoms with Gasteiger partial charge in [0.15, 0.2) is 0 Å². The highest BCUT2D eigenvalue weighted by atomic mass is 79.9. The van der Waals surface area contributed by atoms with Crippen LogP contribution in [0.2, 0.25) is 0 Å². The summed E-state index contributed by atoms with van der Waals surface area (Å²) in [6.45, 7) is 4.91. The number of nitrogens with zero attached hydrogens (tertiary/aromatic N) is 1. The second kappa shape index (κ2) is 7.53. The van der Waals surface area contributed by atoms with Crippen molar-refractivity contribution >= 4 is 31.8 Å². The van der Waals surface area contributed by atoms with Crippen molar-refractivity contribution in [2.75, 3.05) is 32.6 Å². The van der Waals surface area contributed by atoms with Crippen LogP contribution in [-0.4, -0.2) is 40.7 Å². The van der Waals surface area contributed by atoms with Gasteiger partial charge in [0.05, 0.1) is 0 Å². The van der Waals surface area contributed by atoms with Gasteiger partial charge >= 0.3 is 0 Å². The highest BCUT2D eigenvalue weighted by molar-refractivity contribution is 9.10. The van der Waals surface area contributed by atoms with E-state index in [9.17, 15) is 8.42 Å². The van der Waals surface area contributed by atoms with Crippen LogP contribution >= 0.6 is 15.9 Å². The second-order valence-corrected chi connectivity index (χ2v) is 8.13. The molecule has 21 heavy (non-hydrogen) atoms. The molecule has 0 aliphatic carbocycles. The van der Waals surface area contributed by atoms with Gasteiger partial charge in [0.25, 0.3) is 0 Å². The Balaban J connectivity index is 2.90. The highest BCUT2D eigenvalue weighted by Gasteiger charge is 2.24. The summed E-state index contributed by atoms with van der Waals surface area (Å²) in [6.07, 6.45) is 2.31. The summed E-state index contributed by atoms with van der Waals surface area (Å²) >= 11 is 3.24. The lowest BCUT2D eigenvalue weighted by molar-refractivity contribution is 0.153. The molecule has 6 nitrogen and oxygen atoms in total. The Labute approximate surface area is 134 Å². The molecule has 0 radical (unpaired) electrons. The fourth-order valence-corrected chi connectivity index (χ4v) is 3.56. The Bertz CT molecular complexity index is 576. The first-order valence-electron chi connectivity index (χ1n) is 6.54. The number of hydrogen-bond acceptors (Lipinski definition) is 5. The van der Waals surface area contributed by atoms with Crippen LogP contribution in [0.1, 0.15) is 20.3 Å². The molecule has 0 spiro atoms. The number of aromatic nitrogens is 1. The van der Waals surface area contributed by atoms with E-state index in [0.717, 1.165) is 6.42 Å². The number of pyridine rings is 1. The van der Waals surface area contributed by atoms with Crippen molar-refractivity contribution in [3.8, 4) is 0 Å². The Kier molecular flexibility index (Phi) is 6.58. The zero-order chi connectivity index (χ0) is 16.1. The fourth-order valence-electron chi connectivity index (χ4n) is 1.65. The monoisotopic (exact) mass is 379 g/mol. The van der Waals surface area contributed by atoms with Crippen molar-refractivity contribution in [3.05, 3.63) is 16.7 Å². The number of nitrogens with one attached hydrogen (secondary N) is 2. The van der Waals surface area contributed by atoms with E-state index in [1.54, 1.807) is 20.4 Å². The molecule has 0 saturated carbocycles. The average Bonchev–Trinajstić information content (AvgIpc) is 2.43. The van der Waals surface area contributed by atoms with Gasteiger partial charge in [-0.3, -0.25) is 0 Å². The summed E-state index contributed by atoms with van der Waals surface area (Å²) in [6, 6.07) is 1.53. The van der Waals surface area contributed by atoms with E-state index < -0.39 is 10.0 Å². The predicted molar refractivity (Wildman–Crippen MR) is 86.9 cm³/mol. The minimum Gasteiger partial charge on any atom is -0.385 e. The first-order chi connectivity index (χ1) is 9.72. The van der Waals surface area contributed by atoms with Gasteiger partial charge in [-0.2, -0.15) is 0 Å². The third-order valence-electron chi connectivity index (χ3n) is 3.07. The number of halogens is 1. The summed E-state index contributed by atoms with van der Waals surface area (Å²) < 4.78 is 33.2. The van der Waals surface area contributed by atoms with Crippen LogP contribution in [0.25, 0.3) is 0 Å². The predicted octanol–water partition coefficient (Wildman–Crippen LogP) is 2.23. The van der Waals surface area contributed by atoms with Crippen molar-refractivity contribution in [2.45, 2.75) is 25.2 Å². The maximum atomic E-state index is 12.4. The van der Waals surface area contributed by atoms with E-state index in [1.807, 2.05) is 13.8 Å². The third-order valence-corrected chi connectivity index (χ3v) is 4.92. The van der Waals surface area contributed by atoms with Crippen molar-refractivity contribution < 1.29 is 13.2 Å². The molecule has 0 aliphatic rings. The minimum atomic E-state index is -3.63. The summed E-state index contributed by atoms with van der Waals surface area (Å²) in [5.41, 5.74) is -0.192. The summed E-state index contributed by atoms with van der Waals surface area (Å²) in [7, 11) is -0.361. The molecule has 0 aromatic carbocycles. The molecule has 8 heteroatoms. The number of hydrogen-bond donors (Lipinski definition) is 2.